The lowest BCUT2D eigenvalue weighted by Crippen LogP contribution is -2.47. The van der Waals surface area contributed by atoms with Gasteiger partial charge in [0.1, 0.15) is 0 Å². The molecule has 9 heteroatoms. The van der Waals surface area contributed by atoms with Gasteiger partial charge in [0.15, 0.2) is 11.5 Å². The van der Waals surface area contributed by atoms with Crippen LogP contribution in [-0.4, -0.2) is 63.5 Å². The highest BCUT2D eigenvalue weighted by molar-refractivity contribution is 7.89. The summed E-state index contributed by atoms with van der Waals surface area (Å²) >= 11 is 0. The summed E-state index contributed by atoms with van der Waals surface area (Å²) < 4.78 is 38.1. The Labute approximate surface area is 176 Å². The van der Waals surface area contributed by atoms with E-state index < -0.39 is 10.0 Å². The number of carbonyl (C=O) groups is 1. The maximum absolute atomic E-state index is 13.0. The van der Waals surface area contributed by atoms with E-state index in [1.807, 2.05) is 32.2 Å². The van der Waals surface area contributed by atoms with Crippen molar-refractivity contribution in [3.8, 4) is 11.5 Å². The predicted octanol–water partition coefficient (Wildman–Crippen LogP) is 1.84. The molecule has 0 saturated carbocycles. The van der Waals surface area contributed by atoms with Crippen LogP contribution in [0.1, 0.15) is 28.9 Å². The van der Waals surface area contributed by atoms with E-state index in [-0.39, 0.29) is 23.6 Å². The summed E-state index contributed by atoms with van der Waals surface area (Å²) in [7, 11) is -1.66. The van der Waals surface area contributed by atoms with Gasteiger partial charge < -0.3 is 19.7 Å². The van der Waals surface area contributed by atoms with E-state index in [4.69, 9.17) is 9.47 Å². The number of piperazine rings is 1. The summed E-state index contributed by atoms with van der Waals surface area (Å²) in [6.45, 7) is 4.31. The Kier molecular flexibility index (Phi) is 5.68. The Morgan fingerprint density at radius 3 is 2.53 bits per heavy atom. The second-order valence-electron chi connectivity index (χ2n) is 7.54. The van der Waals surface area contributed by atoms with Crippen LogP contribution < -0.4 is 14.8 Å². The average Bonchev–Trinajstić information content (AvgIpc) is 3.22. The van der Waals surface area contributed by atoms with Crippen LogP contribution in [0.4, 0.5) is 0 Å². The first-order chi connectivity index (χ1) is 14.3. The highest BCUT2D eigenvalue weighted by Crippen LogP contribution is 2.34. The Morgan fingerprint density at radius 2 is 1.77 bits per heavy atom. The number of likely N-dealkylation sites (N-methyl/N-ethyl adjacent to an activating group) is 1. The molecule has 1 saturated heterocycles. The SMILES string of the molecule is CC(NC(=O)c1cccc(S(=O)(=O)N2CCN(C)CC2)c1)c1ccc2c(c1)OCO2. The zero-order valence-corrected chi connectivity index (χ0v) is 17.8. The average molecular weight is 432 g/mol. The Bertz CT molecular complexity index is 1050. The number of sulfonamides is 1. The summed E-state index contributed by atoms with van der Waals surface area (Å²) in [5.74, 6) is 0.989. The quantitative estimate of drug-likeness (QED) is 0.777. The zero-order chi connectivity index (χ0) is 21.3. The van der Waals surface area contributed by atoms with Gasteiger partial charge in [0.05, 0.1) is 10.9 Å². The number of carbonyl (C=O) groups excluding carboxylic acids is 1. The number of benzene rings is 2. The first-order valence-corrected chi connectivity index (χ1v) is 11.3. The molecule has 8 nitrogen and oxygen atoms in total. The van der Waals surface area contributed by atoms with Crippen molar-refractivity contribution in [1.29, 1.82) is 0 Å². The molecule has 160 valence electrons. The largest absolute Gasteiger partial charge is 0.454 e. The summed E-state index contributed by atoms with van der Waals surface area (Å²) in [4.78, 5) is 15.0. The molecule has 1 unspecified atom stereocenters. The van der Waals surface area contributed by atoms with Gasteiger partial charge in [-0.25, -0.2) is 8.42 Å². The van der Waals surface area contributed by atoms with Crippen LogP contribution in [0.15, 0.2) is 47.4 Å². The molecule has 2 aliphatic heterocycles. The molecule has 0 bridgehead atoms. The first kappa shape index (κ1) is 20.6. The number of fused-ring (bicyclic) bond motifs is 1. The third-order valence-corrected chi connectivity index (χ3v) is 7.34. The molecule has 0 aromatic heterocycles. The van der Waals surface area contributed by atoms with Crippen LogP contribution >= 0.6 is 0 Å². The number of hydrogen-bond acceptors (Lipinski definition) is 6. The molecular formula is C21H25N3O5S. The highest BCUT2D eigenvalue weighted by atomic mass is 32.2. The Morgan fingerprint density at radius 1 is 1.03 bits per heavy atom. The van der Waals surface area contributed by atoms with E-state index in [1.54, 1.807) is 12.1 Å². The molecule has 2 aromatic rings. The zero-order valence-electron chi connectivity index (χ0n) is 17.0. The van der Waals surface area contributed by atoms with Crippen molar-refractivity contribution in [3.63, 3.8) is 0 Å². The second-order valence-corrected chi connectivity index (χ2v) is 9.48. The van der Waals surface area contributed by atoms with Gasteiger partial charge in [0.2, 0.25) is 16.8 Å². The molecular weight excluding hydrogens is 406 g/mol. The minimum Gasteiger partial charge on any atom is -0.454 e. The topological polar surface area (TPSA) is 88.2 Å². The van der Waals surface area contributed by atoms with Gasteiger partial charge in [-0.15, -0.1) is 0 Å². The molecule has 0 radical (unpaired) electrons. The molecule has 2 heterocycles. The van der Waals surface area contributed by atoms with E-state index in [9.17, 15) is 13.2 Å². The molecule has 2 aliphatic rings. The lowest BCUT2D eigenvalue weighted by Gasteiger charge is -2.31. The molecule has 0 aliphatic carbocycles. The smallest absolute Gasteiger partial charge is 0.251 e. The molecule has 4 rings (SSSR count). The van der Waals surface area contributed by atoms with Gasteiger partial charge in [0, 0.05) is 31.7 Å². The van der Waals surface area contributed by atoms with Gasteiger partial charge in [-0.05, 0) is 49.9 Å². The van der Waals surface area contributed by atoms with Gasteiger partial charge >= 0.3 is 0 Å². The summed E-state index contributed by atoms with van der Waals surface area (Å²) in [6, 6.07) is 11.4. The minimum atomic E-state index is -3.63. The number of rotatable bonds is 5. The van der Waals surface area contributed by atoms with Crippen molar-refractivity contribution in [3.05, 3.63) is 53.6 Å². The predicted molar refractivity (Wildman–Crippen MR) is 111 cm³/mol. The van der Waals surface area contributed by atoms with Crippen molar-refractivity contribution in [2.45, 2.75) is 17.9 Å². The summed E-state index contributed by atoms with van der Waals surface area (Å²) in [5.41, 5.74) is 1.17. The van der Waals surface area contributed by atoms with Crippen molar-refractivity contribution >= 4 is 15.9 Å². The fourth-order valence-electron chi connectivity index (χ4n) is 3.52. The van der Waals surface area contributed by atoms with Crippen molar-refractivity contribution < 1.29 is 22.7 Å². The standard InChI is InChI=1S/C21H25N3O5S/c1-15(16-6-7-19-20(13-16)29-14-28-19)22-21(25)17-4-3-5-18(12-17)30(26,27)24-10-8-23(2)9-11-24/h3-7,12-13,15H,8-11,14H2,1-2H3,(H,22,25). The summed E-state index contributed by atoms with van der Waals surface area (Å²) in [6.07, 6.45) is 0. The normalized spacial score (nSPS) is 18.2. The second kappa shape index (κ2) is 8.25. The van der Waals surface area contributed by atoms with Crippen molar-refractivity contribution in [2.75, 3.05) is 40.0 Å². The van der Waals surface area contributed by atoms with E-state index in [1.165, 1.54) is 16.4 Å². The minimum absolute atomic E-state index is 0.135. The van der Waals surface area contributed by atoms with E-state index in [2.05, 4.69) is 10.2 Å². The fourth-order valence-corrected chi connectivity index (χ4v) is 4.99. The number of nitrogens with zero attached hydrogens (tertiary/aromatic N) is 2. The third-order valence-electron chi connectivity index (χ3n) is 5.44. The first-order valence-electron chi connectivity index (χ1n) is 9.84. The monoisotopic (exact) mass is 431 g/mol. The fraction of sp³-hybridized carbons (Fsp3) is 0.381. The van der Waals surface area contributed by atoms with Gasteiger partial charge in [0.25, 0.3) is 5.91 Å². The lowest BCUT2D eigenvalue weighted by molar-refractivity contribution is 0.0939. The van der Waals surface area contributed by atoms with Gasteiger partial charge in [-0.3, -0.25) is 4.79 Å². The number of amides is 1. The van der Waals surface area contributed by atoms with Crippen LogP contribution in [0.2, 0.25) is 0 Å². The molecule has 30 heavy (non-hydrogen) atoms. The number of nitrogens with one attached hydrogen (secondary N) is 1. The molecule has 2 aromatic carbocycles. The van der Waals surface area contributed by atoms with Crippen LogP contribution in [-0.2, 0) is 10.0 Å². The van der Waals surface area contributed by atoms with Crippen LogP contribution in [0.25, 0.3) is 0 Å². The number of hydrogen-bond donors (Lipinski definition) is 1. The van der Waals surface area contributed by atoms with E-state index in [0.717, 1.165) is 5.56 Å². The maximum Gasteiger partial charge on any atom is 0.251 e. The lowest BCUT2D eigenvalue weighted by atomic mass is 10.1. The maximum atomic E-state index is 13.0. The third kappa shape index (κ3) is 4.14. The molecule has 1 N–H and O–H groups in total. The van der Waals surface area contributed by atoms with E-state index in [0.29, 0.717) is 43.2 Å². The molecule has 1 amide bonds. The Hall–Kier alpha value is -2.62. The van der Waals surface area contributed by atoms with Crippen LogP contribution in [0, 0.1) is 0 Å². The molecule has 1 fully saturated rings. The van der Waals surface area contributed by atoms with Crippen LogP contribution in [0.5, 0.6) is 11.5 Å². The van der Waals surface area contributed by atoms with E-state index >= 15 is 0 Å². The van der Waals surface area contributed by atoms with Gasteiger partial charge in [-0.1, -0.05) is 12.1 Å². The Balaban J connectivity index is 1.48. The molecule has 0 spiro atoms. The summed E-state index contributed by atoms with van der Waals surface area (Å²) in [5, 5.41) is 2.92. The molecule has 1 atom stereocenters. The highest BCUT2D eigenvalue weighted by Gasteiger charge is 2.28. The van der Waals surface area contributed by atoms with Crippen molar-refractivity contribution in [2.24, 2.45) is 0 Å². The van der Waals surface area contributed by atoms with Crippen molar-refractivity contribution in [1.82, 2.24) is 14.5 Å². The van der Waals surface area contributed by atoms with Crippen LogP contribution in [0.3, 0.4) is 0 Å². The number of ether oxygens (including phenoxy) is 2. The van der Waals surface area contributed by atoms with Gasteiger partial charge in [-0.2, -0.15) is 4.31 Å².